The molecule has 6 heteroatoms. The molecule has 148 valence electrons. The molecule has 0 unspecified atom stereocenters. The number of rotatable bonds is 4. The van der Waals surface area contributed by atoms with E-state index in [-0.39, 0.29) is 22.7 Å². The van der Waals surface area contributed by atoms with E-state index < -0.39 is 0 Å². The van der Waals surface area contributed by atoms with Crippen molar-refractivity contribution in [1.82, 2.24) is 5.32 Å². The molecule has 1 aromatic carbocycles. The van der Waals surface area contributed by atoms with Crippen molar-refractivity contribution in [1.29, 1.82) is 0 Å². The molecule has 0 atom stereocenters. The van der Waals surface area contributed by atoms with Gasteiger partial charge in [0.2, 0.25) is 5.91 Å². The van der Waals surface area contributed by atoms with E-state index in [0.717, 1.165) is 51.6 Å². The van der Waals surface area contributed by atoms with Crippen LogP contribution in [0.4, 0.5) is 11.4 Å². The molecule has 2 saturated heterocycles. The third kappa shape index (κ3) is 3.76. The molecule has 27 heavy (non-hydrogen) atoms. The number of carbonyl (C=O) groups is 1. The van der Waals surface area contributed by atoms with E-state index in [2.05, 4.69) is 15.1 Å². The summed E-state index contributed by atoms with van der Waals surface area (Å²) in [5, 5.41) is 3.24. The zero-order valence-electron chi connectivity index (χ0n) is 16.2. The Morgan fingerprint density at radius 3 is 1.81 bits per heavy atom. The third-order valence-electron chi connectivity index (χ3n) is 6.67. The Morgan fingerprint density at radius 2 is 1.22 bits per heavy atom. The molecule has 2 heterocycles. The van der Waals surface area contributed by atoms with E-state index in [9.17, 15) is 14.4 Å². The zero-order chi connectivity index (χ0) is 18.8. The molecule has 1 N–H and O–H groups in total. The number of amides is 1. The first-order valence-electron chi connectivity index (χ1n) is 10.8. The van der Waals surface area contributed by atoms with Crippen LogP contribution in [0, 0.1) is 5.92 Å². The van der Waals surface area contributed by atoms with Crippen LogP contribution in [0.5, 0.6) is 0 Å². The SMILES string of the molecule is O=C(NC1CCCCC1)C1CCN(c2c(N3CCCCC3)c(=O)c2=O)CC1. The lowest BCUT2D eigenvalue weighted by Crippen LogP contribution is -2.50. The van der Waals surface area contributed by atoms with Crippen LogP contribution in [0.1, 0.15) is 64.2 Å². The Morgan fingerprint density at radius 1 is 0.704 bits per heavy atom. The summed E-state index contributed by atoms with van der Waals surface area (Å²) in [4.78, 5) is 41.1. The van der Waals surface area contributed by atoms with Gasteiger partial charge in [-0.25, -0.2) is 0 Å². The first-order chi connectivity index (χ1) is 13.1. The summed E-state index contributed by atoms with van der Waals surface area (Å²) in [5.41, 5.74) is 0.614. The minimum atomic E-state index is -0.333. The van der Waals surface area contributed by atoms with Gasteiger partial charge in [0, 0.05) is 38.1 Å². The normalized spacial score (nSPS) is 23.0. The van der Waals surface area contributed by atoms with E-state index in [1.54, 1.807) is 0 Å². The second kappa shape index (κ2) is 8.03. The van der Waals surface area contributed by atoms with Crippen LogP contribution in [-0.2, 0) is 4.79 Å². The average molecular weight is 373 g/mol. The van der Waals surface area contributed by atoms with Crippen LogP contribution < -0.4 is 26.0 Å². The Balaban J connectivity index is 1.35. The van der Waals surface area contributed by atoms with Crippen LogP contribution >= 0.6 is 0 Å². The summed E-state index contributed by atoms with van der Waals surface area (Å²) in [7, 11) is 0. The fourth-order valence-corrected chi connectivity index (χ4v) is 5.00. The summed E-state index contributed by atoms with van der Waals surface area (Å²) >= 11 is 0. The summed E-state index contributed by atoms with van der Waals surface area (Å²) in [6, 6.07) is 0.350. The largest absolute Gasteiger partial charge is 0.366 e. The molecule has 0 radical (unpaired) electrons. The molecule has 3 fully saturated rings. The van der Waals surface area contributed by atoms with Crippen LogP contribution in [0.3, 0.4) is 0 Å². The van der Waals surface area contributed by atoms with Gasteiger partial charge in [-0.3, -0.25) is 14.4 Å². The predicted molar refractivity (Wildman–Crippen MR) is 107 cm³/mol. The molecule has 0 aromatic heterocycles. The number of piperidine rings is 2. The van der Waals surface area contributed by atoms with Gasteiger partial charge < -0.3 is 15.1 Å². The van der Waals surface area contributed by atoms with E-state index >= 15 is 0 Å². The van der Waals surface area contributed by atoms with Crippen molar-refractivity contribution >= 4 is 17.3 Å². The Kier molecular flexibility index (Phi) is 5.50. The van der Waals surface area contributed by atoms with E-state index in [0.29, 0.717) is 30.5 Å². The number of hydrogen-bond acceptors (Lipinski definition) is 5. The van der Waals surface area contributed by atoms with E-state index in [1.165, 1.54) is 25.7 Å². The maximum absolute atomic E-state index is 12.6. The molecule has 1 aliphatic carbocycles. The first kappa shape index (κ1) is 18.5. The molecule has 0 spiro atoms. The second-order valence-electron chi connectivity index (χ2n) is 8.51. The predicted octanol–water partition coefficient (Wildman–Crippen LogP) is 1.94. The lowest BCUT2D eigenvalue weighted by molar-refractivity contribution is -0.126. The second-order valence-corrected chi connectivity index (χ2v) is 8.51. The van der Waals surface area contributed by atoms with Crippen LogP contribution in [0.15, 0.2) is 9.59 Å². The van der Waals surface area contributed by atoms with Gasteiger partial charge in [-0.2, -0.15) is 0 Å². The molecule has 2 aliphatic heterocycles. The Hall–Kier alpha value is -1.85. The van der Waals surface area contributed by atoms with Gasteiger partial charge in [-0.15, -0.1) is 0 Å². The van der Waals surface area contributed by atoms with Crippen LogP contribution in [0.2, 0.25) is 0 Å². The highest BCUT2D eigenvalue weighted by Gasteiger charge is 2.34. The van der Waals surface area contributed by atoms with Crippen molar-refractivity contribution in [2.45, 2.75) is 70.3 Å². The highest BCUT2D eigenvalue weighted by molar-refractivity contribution is 5.80. The molecular formula is C21H31N3O3. The molecule has 6 nitrogen and oxygen atoms in total. The third-order valence-corrected chi connectivity index (χ3v) is 6.67. The fraction of sp³-hybridized carbons (Fsp3) is 0.762. The number of nitrogens with zero attached hydrogens (tertiary/aromatic N) is 2. The summed E-state index contributed by atoms with van der Waals surface area (Å²) in [6.45, 7) is 3.12. The Bertz CT molecular complexity index is 732. The van der Waals surface area contributed by atoms with E-state index in [1.807, 2.05) is 0 Å². The minimum Gasteiger partial charge on any atom is -0.366 e. The molecule has 1 saturated carbocycles. The maximum atomic E-state index is 12.6. The monoisotopic (exact) mass is 373 g/mol. The molecule has 0 bridgehead atoms. The average Bonchev–Trinajstić information content (AvgIpc) is 2.72. The number of hydrogen-bond donors (Lipinski definition) is 1. The van der Waals surface area contributed by atoms with Crippen molar-refractivity contribution < 1.29 is 4.79 Å². The topological polar surface area (TPSA) is 69.7 Å². The van der Waals surface area contributed by atoms with Gasteiger partial charge in [0.25, 0.3) is 10.9 Å². The first-order valence-corrected chi connectivity index (χ1v) is 10.8. The summed E-state index contributed by atoms with van der Waals surface area (Å²) in [5.74, 6) is 0.218. The molecule has 4 rings (SSSR count). The van der Waals surface area contributed by atoms with Crippen molar-refractivity contribution in [3.05, 3.63) is 20.4 Å². The lowest BCUT2D eigenvalue weighted by Gasteiger charge is -2.38. The summed E-state index contributed by atoms with van der Waals surface area (Å²) in [6.07, 6.45) is 10.8. The van der Waals surface area contributed by atoms with Gasteiger partial charge >= 0.3 is 0 Å². The van der Waals surface area contributed by atoms with Crippen molar-refractivity contribution in [2.75, 3.05) is 36.0 Å². The molecule has 3 aliphatic rings. The Labute approximate surface area is 160 Å². The van der Waals surface area contributed by atoms with Gasteiger partial charge in [0.1, 0.15) is 11.4 Å². The highest BCUT2D eigenvalue weighted by atomic mass is 16.2. The standard InChI is InChI=1S/C21H31N3O3/c25-19-17(23-11-5-2-6-12-23)18(20(19)26)24-13-9-15(10-14-24)21(27)22-16-7-3-1-4-8-16/h15-16H,1-14H2,(H,22,27). The lowest BCUT2D eigenvalue weighted by atomic mass is 9.92. The van der Waals surface area contributed by atoms with Crippen molar-refractivity contribution in [3.63, 3.8) is 0 Å². The molecular weight excluding hydrogens is 342 g/mol. The van der Waals surface area contributed by atoms with Gasteiger partial charge in [0.15, 0.2) is 0 Å². The van der Waals surface area contributed by atoms with Gasteiger partial charge in [0.05, 0.1) is 0 Å². The highest BCUT2D eigenvalue weighted by Crippen LogP contribution is 2.30. The van der Waals surface area contributed by atoms with Crippen molar-refractivity contribution in [3.8, 4) is 0 Å². The quantitative estimate of drug-likeness (QED) is 0.817. The van der Waals surface area contributed by atoms with Gasteiger partial charge in [-0.05, 0) is 44.9 Å². The molecule has 1 aromatic rings. The van der Waals surface area contributed by atoms with Crippen molar-refractivity contribution in [2.24, 2.45) is 5.92 Å². The number of carbonyl (C=O) groups excluding carboxylic acids is 1. The maximum Gasteiger partial charge on any atom is 0.253 e. The fourth-order valence-electron chi connectivity index (χ4n) is 5.00. The van der Waals surface area contributed by atoms with Crippen LogP contribution in [0.25, 0.3) is 0 Å². The van der Waals surface area contributed by atoms with Crippen LogP contribution in [-0.4, -0.2) is 38.1 Å². The smallest absolute Gasteiger partial charge is 0.253 e. The molecule has 1 amide bonds. The number of anilines is 2. The van der Waals surface area contributed by atoms with Gasteiger partial charge in [-0.1, -0.05) is 19.3 Å². The van der Waals surface area contributed by atoms with E-state index in [4.69, 9.17) is 0 Å². The zero-order valence-corrected chi connectivity index (χ0v) is 16.2. The number of nitrogens with one attached hydrogen (secondary N) is 1. The minimum absolute atomic E-state index is 0.0353. The summed E-state index contributed by atoms with van der Waals surface area (Å²) < 4.78 is 0.